The first-order valence-corrected chi connectivity index (χ1v) is 12.5. The maximum absolute atomic E-state index is 13.9. The fourth-order valence-electron chi connectivity index (χ4n) is 5.19. The predicted molar refractivity (Wildman–Crippen MR) is 139 cm³/mol. The van der Waals surface area contributed by atoms with E-state index in [0.717, 1.165) is 16.3 Å². The first-order valence-electron chi connectivity index (χ1n) is 12.5. The molecule has 11 nitrogen and oxygen atoms in total. The quantitative estimate of drug-likeness (QED) is 0.281. The average Bonchev–Trinajstić information content (AvgIpc) is 3.37. The predicted octanol–water partition coefficient (Wildman–Crippen LogP) is 1.17. The molecule has 11 heteroatoms. The van der Waals surface area contributed by atoms with Crippen LogP contribution in [0.3, 0.4) is 0 Å². The Balaban J connectivity index is 1.54. The summed E-state index contributed by atoms with van der Waals surface area (Å²) in [6.45, 7) is 4.51. The lowest BCUT2D eigenvalue weighted by Crippen LogP contribution is -2.58. The van der Waals surface area contributed by atoms with Crippen molar-refractivity contribution in [2.45, 2.75) is 51.1 Å². The first kappa shape index (κ1) is 24.8. The number of fused-ring (bicyclic) bond motifs is 6. The monoisotopic (exact) mass is 523 g/mol. The fraction of sp³-hybridized carbons (Fsp3) is 0.407. The van der Waals surface area contributed by atoms with E-state index >= 15 is 0 Å². The molecule has 2 aliphatic rings. The molecule has 0 radical (unpaired) electrons. The molecule has 2 aromatic carbocycles. The molecule has 0 aliphatic carbocycles. The summed E-state index contributed by atoms with van der Waals surface area (Å²) in [4.78, 5) is 18.6. The highest BCUT2D eigenvalue weighted by atomic mass is 16.7. The molecule has 2 aliphatic heterocycles. The number of aliphatic hydroxyl groups excluding tert-OH is 3. The van der Waals surface area contributed by atoms with Gasteiger partial charge in [-0.15, -0.1) is 0 Å². The van der Waals surface area contributed by atoms with E-state index in [2.05, 4.69) is 10.3 Å². The Bertz CT molecular complexity index is 1620. The van der Waals surface area contributed by atoms with Crippen LogP contribution in [0, 0.1) is 6.92 Å². The summed E-state index contributed by atoms with van der Waals surface area (Å²) in [6, 6.07) is 7.16. The van der Waals surface area contributed by atoms with Crippen LogP contribution >= 0.6 is 0 Å². The Morgan fingerprint density at radius 1 is 1.03 bits per heavy atom. The molecule has 0 saturated carbocycles. The van der Waals surface area contributed by atoms with Gasteiger partial charge in [0, 0.05) is 36.1 Å². The molecular weight excluding hydrogens is 494 g/mol. The van der Waals surface area contributed by atoms with Crippen LogP contribution in [0.1, 0.15) is 12.5 Å². The van der Waals surface area contributed by atoms with Crippen molar-refractivity contribution in [1.29, 1.82) is 0 Å². The zero-order valence-corrected chi connectivity index (χ0v) is 21.2. The number of nitrogens with zero attached hydrogens (tertiary/aromatic N) is 2. The number of aryl methyl sites for hydroxylation is 1. The maximum Gasteiger partial charge on any atom is 0.259 e. The fourth-order valence-corrected chi connectivity index (χ4v) is 5.19. The van der Waals surface area contributed by atoms with E-state index in [0.29, 0.717) is 52.2 Å². The number of aromatic nitrogens is 2. The van der Waals surface area contributed by atoms with Crippen molar-refractivity contribution in [3.05, 3.63) is 46.4 Å². The summed E-state index contributed by atoms with van der Waals surface area (Å²) in [7, 11) is 1.82. The molecule has 4 N–H and O–H groups in total. The van der Waals surface area contributed by atoms with Crippen LogP contribution in [0.2, 0.25) is 0 Å². The van der Waals surface area contributed by atoms with E-state index < -0.39 is 30.7 Å². The summed E-state index contributed by atoms with van der Waals surface area (Å²) in [5.41, 5.74) is 1.91. The standard InChI is InChI=1S/C27H29N3O8/c1-12-6-14-15(7-19(12)38-27-25(33)24(32)23(31)13(2)37-27)26(34)30(5-4-28-3)22-16-8-20-21(36-11-35-20)9-18(16)29-10-17(14)22/h6-10,13,23-25,27-28,31-33H,4-5,11H2,1-3H3/t13-,23+,24+,25-,27-/m0/s1. The third-order valence-corrected chi connectivity index (χ3v) is 7.32. The zero-order chi connectivity index (χ0) is 26.7. The largest absolute Gasteiger partial charge is 0.462 e. The number of hydrogen-bond acceptors (Lipinski definition) is 10. The third-order valence-electron chi connectivity index (χ3n) is 7.32. The van der Waals surface area contributed by atoms with Crippen LogP contribution in [-0.4, -0.2) is 76.0 Å². The van der Waals surface area contributed by atoms with Crippen LogP contribution in [0.25, 0.3) is 32.6 Å². The number of nitrogens with one attached hydrogen (secondary N) is 1. The van der Waals surface area contributed by atoms with E-state index in [9.17, 15) is 20.1 Å². The van der Waals surface area contributed by atoms with Crippen molar-refractivity contribution in [2.75, 3.05) is 20.4 Å². The maximum atomic E-state index is 13.9. The van der Waals surface area contributed by atoms with Gasteiger partial charge in [-0.25, -0.2) is 0 Å². The first-order chi connectivity index (χ1) is 18.3. The number of hydrogen-bond donors (Lipinski definition) is 4. The highest BCUT2D eigenvalue weighted by Gasteiger charge is 2.43. The zero-order valence-electron chi connectivity index (χ0n) is 21.2. The topological polar surface area (TPSA) is 145 Å². The molecule has 1 saturated heterocycles. The van der Waals surface area contributed by atoms with Crippen molar-refractivity contribution >= 4 is 32.6 Å². The summed E-state index contributed by atoms with van der Waals surface area (Å²) in [6.07, 6.45) is -4.36. The second-order valence-electron chi connectivity index (χ2n) is 9.77. The lowest BCUT2D eigenvalue weighted by atomic mass is 9.99. The molecule has 5 atom stereocenters. The summed E-state index contributed by atoms with van der Waals surface area (Å²) >= 11 is 0. The summed E-state index contributed by atoms with van der Waals surface area (Å²) in [5.74, 6) is 1.55. The van der Waals surface area contributed by atoms with Gasteiger partial charge in [0.05, 0.1) is 22.5 Å². The normalized spacial score (nSPS) is 24.9. The van der Waals surface area contributed by atoms with Gasteiger partial charge in [0.1, 0.15) is 24.1 Å². The lowest BCUT2D eigenvalue weighted by Gasteiger charge is -2.39. The highest BCUT2D eigenvalue weighted by molar-refractivity contribution is 6.14. The molecule has 1 fully saturated rings. The van der Waals surface area contributed by atoms with Gasteiger partial charge in [-0.05, 0) is 50.0 Å². The van der Waals surface area contributed by atoms with Gasteiger partial charge in [0.2, 0.25) is 13.1 Å². The van der Waals surface area contributed by atoms with Crippen LogP contribution in [-0.2, 0) is 11.3 Å². The Kier molecular flexibility index (Phi) is 6.12. The summed E-state index contributed by atoms with van der Waals surface area (Å²) in [5, 5.41) is 36.4. The van der Waals surface area contributed by atoms with Crippen molar-refractivity contribution in [1.82, 2.24) is 14.9 Å². The van der Waals surface area contributed by atoms with Gasteiger partial charge in [0.15, 0.2) is 11.5 Å². The molecule has 0 unspecified atom stereocenters. The minimum Gasteiger partial charge on any atom is -0.462 e. The smallest absolute Gasteiger partial charge is 0.259 e. The Labute approximate surface area is 217 Å². The molecule has 0 amide bonds. The number of benzene rings is 2. The minimum atomic E-state index is -1.47. The SMILES string of the molecule is CNCCn1c(=O)c2cc(O[C@@H]3O[C@@H](C)[C@@H](O)[C@@H](O)[C@@H]3O)c(C)cc2c2cnc3cc4c(cc3c21)OCO4. The Morgan fingerprint density at radius 2 is 1.79 bits per heavy atom. The van der Waals surface area contributed by atoms with E-state index in [1.165, 1.54) is 0 Å². The Morgan fingerprint density at radius 3 is 2.55 bits per heavy atom. The summed E-state index contributed by atoms with van der Waals surface area (Å²) < 4.78 is 24.4. The van der Waals surface area contributed by atoms with Gasteiger partial charge in [-0.2, -0.15) is 0 Å². The van der Waals surface area contributed by atoms with Gasteiger partial charge in [-0.1, -0.05) is 0 Å². The van der Waals surface area contributed by atoms with Gasteiger partial charge >= 0.3 is 0 Å². The van der Waals surface area contributed by atoms with E-state index in [4.69, 9.17) is 18.9 Å². The van der Waals surface area contributed by atoms with Crippen LogP contribution in [0.4, 0.5) is 0 Å². The Hall–Kier alpha value is -3.48. The molecule has 0 spiro atoms. The highest BCUT2D eigenvalue weighted by Crippen LogP contribution is 2.39. The van der Waals surface area contributed by atoms with Gasteiger partial charge in [0.25, 0.3) is 5.56 Å². The minimum absolute atomic E-state index is 0.134. The number of rotatable bonds is 5. The number of ether oxygens (including phenoxy) is 4. The molecule has 4 aromatic rings. The molecule has 2 aromatic heterocycles. The molecule has 0 bridgehead atoms. The van der Waals surface area contributed by atoms with Gasteiger partial charge in [-0.3, -0.25) is 9.78 Å². The molecule has 4 heterocycles. The number of likely N-dealkylation sites (N-methyl/N-ethyl adjacent to an activating group) is 1. The van der Waals surface area contributed by atoms with Crippen LogP contribution in [0.5, 0.6) is 17.2 Å². The average molecular weight is 524 g/mol. The van der Waals surface area contributed by atoms with Crippen molar-refractivity contribution in [3.63, 3.8) is 0 Å². The third kappa shape index (κ3) is 3.86. The second-order valence-corrected chi connectivity index (χ2v) is 9.77. The second kappa shape index (κ2) is 9.37. The molecule has 38 heavy (non-hydrogen) atoms. The lowest BCUT2D eigenvalue weighted by molar-refractivity contribution is -0.268. The molecular formula is C27H29N3O8. The van der Waals surface area contributed by atoms with Crippen molar-refractivity contribution in [2.24, 2.45) is 0 Å². The van der Waals surface area contributed by atoms with Crippen molar-refractivity contribution in [3.8, 4) is 17.2 Å². The van der Waals surface area contributed by atoms with E-state index in [1.54, 1.807) is 23.8 Å². The van der Waals surface area contributed by atoms with Crippen LogP contribution in [0.15, 0.2) is 35.3 Å². The van der Waals surface area contributed by atoms with E-state index in [1.807, 2.05) is 32.2 Å². The van der Waals surface area contributed by atoms with Gasteiger partial charge < -0.3 is 44.2 Å². The number of aliphatic hydroxyl groups is 3. The molecule has 200 valence electrons. The van der Waals surface area contributed by atoms with E-state index in [-0.39, 0.29) is 12.4 Å². The number of pyridine rings is 2. The molecule has 6 rings (SSSR count). The van der Waals surface area contributed by atoms with Crippen LogP contribution < -0.4 is 25.1 Å². The van der Waals surface area contributed by atoms with Crippen molar-refractivity contribution < 1.29 is 34.3 Å².